The number of halogens is 3. The molecule has 46 heavy (non-hydrogen) atoms. The Labute approximate surface area is 272 Å². The van der Waals surface area contributed by atoms with Gasteiger partial charge in [-0.3, -0.25) is 4.79 Å². The van der Waals surface area contributed by atoms with Crippen LogP contribution in [0.5, 0.6) is 0 Å². The maximum absolute atomic E-state index is 13.0. The van der Waals surface area contributed by atoms with Gasteiger partial charge in [0.2, 0.25) is 0 Å². The third-order valence-corrected chi connectivity index (χ3v) is 7.42. The van der Waals surface area contributed by atoms with Crippen molar-refractivity contribution in [1.82, 2.24) is 0 Å². The molecule has 0 radical (unpaired) electrons. The summed E-state index contributed by atoms with van der Waals surface area (Å²) in [4.78, 5) is 24.5. The van der Waals surface area contributed by atoms with E-state index in [-0.39, 0.29) is 50.3 Å². The molecular formula is C36H52F3NO6. The molecule has 0 bridgehead atoms. The van der Waals surface area contributed by atoms with E-state index in [1.54, 1.807) is 18.2 Å². The van der Waals surface area contributed by atoms with Crippen molar-refractivity contribution >= 4 is 23.3 Å². The second-order valence-corrected chi connectivity index (χ2v) is 11.3. The third-order valence-electron chi connectivity index (χ3n) is 7.42. The van der Waals surface area contributed by atoms with Crippen molar-refractivity contribution in [3.8, 4) is 0 Å². The fraction of sp³-hybridized carbons (Fsp3) is 0.611. The van der Waals surface area contributed by atoms with Gasteiger partial charge in [-0.25, -0.2) is 4.79 Å². The summed E-state index contributed by atoms with van der Waals surface area (Å²) in [5.41, 5.74) is -0.0824. The van der Waals surface area contributed by atoms with Gasteiger partial charge in [0.15, 0.2) is 0 Å². The summed E-state index contributed by atoms with van der Waals surface area (Å²) in [5.74, 6) is -0.827. The van der Waals surface area contributed by atoms with Gasteiger partial charge in [-0.15, -0.1) is 0 Å². The molecule has 0 aromatic heterocycles. The summed E-state index contributed by atoms with van der Waals surface area (Å²) in [5, 5.41) is 2.86. The molecule has 2 rings (SSSR count). The number of anilines is 2. The number of esters is 2. The predicted octanol–water partition coefficient (Wildman–Crippen LogP) is 9.66. The van der Waals surface area contributed by atoms with Gasteiger partial charge < -0.3 is 24.3 Å². The van der Waals surface area contributed by atoms with Crippen molar-refractivity contribution in [2.24, 2.45) is 0 Å². The summed E-state index contributed by atoms with van der Waals surface area (Å²) in [6.45, 7) is 3.44. The monoisotopic (exact) mass is 651 g/mol. The number of alkyl halides is 3. The third kappa shape index (κ3) is 18.1. The van der Waals surface area contributed by atoms with Crippen molar-refractivity contribution < 1.29 is 41.7 Å². The van der Waals surface area contributed by atoms with E-state index in [9.17, 15) is 22.8 Å². The summed E-state index contributed by atoms with van der Waals surface area (Å²) in [6.07, 6.45) is 12.4. The minimum Gasteiger partial charge on any atom is -0.463 e. The molecule has 2 aromatic rings. The molecule has 0 fully saturated rings. The number of benzene rings is 2. The molecule has 0 aliphatic heterocycles. The van der Waals surface area contributed by atoms with Crippen LogP contribution in [0.25, 0.3) is 0 Å². The quantitative estimate of drug-likeness (QED) is 0.0801. The van der Waals surface area contributed by atoms with E-state index in [0.717, 1.165) is 25.0 Å². The number of unbranched alkanes of at least 4 members (excludes halogenated alkanes) is 12. The highest BCUT2D eigenvalue weighted by Crippen LogP contribution is 2.32. The Morgan fingerprint density at radius 3 is 1.80 bits per heavy atom. The number of ether oxygens (including phenoxy) is 4. The Morgan fingerprint density at radius 1 is 0.652 bits per heavy atom. The first-order chi connectivity index (χ1) is 22.3. The average molecular weight is 652 g/mol. The lowest BCUT2D eigenvalue weighted by Crippen LogP contribution is -2.15. The molecule has 0 saturated heterocycles. The summed E-state index contributed by atoms with van der Waals surface area (Å²) < 4.78 is 60.4. The zero-order chi connectivity index (χ0) is 33.3. The fourth-order valence-electron chi connectivity index (χ4n) is 4.87. The predicted molar refractivity (Wildman–Crippen MR) is 174 cm³/mol. The number of hydrogen-bond acceptors (Lipinski definition) is 7. The van der Waals surface area contributed by atoms with Gasteiger partial charge in [0.1, 0.15) is 13.2 Å². The fourth-order valence-corrected chi connectivity index (χ4v) is 4.87. The van der Waals surface area contributed by atoms with Crippen LogP contribution in [0, 0.1) is 0 Å². The molecule has 0 saturated carbocycles. The number of carbonyl (C=O) groups excluding carboxylic acids is 2. The lowest BCUT2D eigenvalue weighted by Gasteiger charge is -2.13. The minimum absolute atomic E-state index is 0.00642. The van der Waals surface area contributed by atoms with Gasteiger partial charge in [-0.1, -0.05) is 102 Å². The van der Waals surface area contributed by atoms with Gasteiger partial charge in [-0.05, 0) is 36.8 Å². The summed E-state index contributed by atoms with van der Waals surface area (Å²) in [7, 11) is 0. The Balaban J connectivity index is 1.43. The highest BCUT2D eigenvalue weighted by molar-refractivity contribution is 5.96. The number of carbonyl (C=O) groups is 2. The molecule has 0 heterocycles. The molecule has 258 valence electrons. The topological polar surface area (TPSA) is 83.1 Å². The number of hydrogen-bond donors (Lipinski definition) is 1. The maximum Gasteiger partial charge on any atom is 0.416 e. The van der Waals surface area contributed by atoms with Crippen LogP contribution in [0.4, 0.5) is 24.5 Å². The highest BCUT2D eigenvalue weighted by Gasteiger charge is 2.30. The standard InChI is InChI=1S/C36H52F3NO6/c1-2-3-4-5-6-7-8-9-10-11-12-13-14-22-34(41)45-27-25-43-23-24-44-26-28-46-35(42)32-20-15-16-21-33(32)40-31-19-17-18-30(29-31)36(37,38)39/h15-21,29,40H,2-14,22-28H2,1H3. The highest BCUT2D eigenvalue weighted by atomic mass is 19.4. The van der Waals surface area contributed by atoms with Gasteiger partial charge in [-0.2, -0.15) is 13.2 Å². The Kier molecular flexibility index (Phi) is 20.5. The zero-order valence-corrected chi connectivity index (χ0v) is 27.3. The summed E-state index contributed by atoms with van der Waals surface area (Å²) >= 11 is 0. The van der Waals surface area contributed by atoms with Crippen molar-refractivity contribution in [3.63, 3.8) is 0 Å². The Morgan fingerprint density at radius 2 is 1.20 bits per heavy atom. The summed E-state index contributed by atoms with van der Waals surface area (Å²) in [6, 6.07) is 11.1. The molecule has 0 aliphatic rings. The van der Waals surface area contributed by atoms with Crippen LogP contribution in [-0.4, -0.2) is 51.6 Å². The van der Waals surface area contributed by atoms with Crippen LogP contribution < -0.4 is 5.32 Å². The first kappa shape index (κ1) is 39.1. The first-order valence-electron chi connectivity index (χ1n) is 16.8. The van der Waals surface area contributed by atoms with E-state index in [1.165, 1.54) is 88.8 Å². The van der Waals surface area contributed by atoms with Gasteiger partial charge in [0.05, 0.1) is 43.2 Å². The molecule has 7 nitrogen and oxygen atoms in total. The Bertz CT molecular complexity index is 1110. The zero-order valence-electron chi connectivity index (χ0n) is 27.3. The minimum atomic E-state index is -4.47. The second kappa shape index (κ2) is 24.1. The van der Waals surface area contributed by atoms with Crippen LogP contribution in [0.1, 0.15) is 113 Å². The van der Waals surface area contributed by atoms with E-state index in [1.807, 2.05) is 0 Å². The van der Waals surface area contributed by atoms with E-state index >= 15 is 0 Å². The smallest absolute Gasteiger partial charge is 0.416 e. The largest absolute Gasteiger partial charge is 0.463 e. The molecule has 2 aromatic carbocycles. The molecule has 0 spiro atoms. The van der Waals surface area contributed by atoms with Gasteiger partial charge in [0.25, 0.3) is 0 Å². The molecule has 0 unspecified atom stereocenters. The second-order valence-electron chi connectivity index (χ2n) is 11.3. The molecule has 0 aliphatic carbocycles. The molecule has 10 heteroatoms. The van der Waals surface area contributed by atoms with E-state index in [2.05, 4.69) is 12.2 Å². The van der Waals surface area contributed by atoms with Crippen LogP contribution in [0.15, 0.2) is 48.5 Å². The van der Waals surface area contributed by atoms with Crippen molar-refractivity contribution in [2.45, 2.75) is 103 Å². The van der Waals surface area contributed by atoms with Gasteiger partial charge in [0, 0.05) is 12.1 Å². The van der Waals surface area contributed by atoms with E-state index < -0.39 is 17.7 Å². The molecule has 0 atom stereocenters. The van der Waals surface area contributed by atoms with Crippen LogP contribution >= 0.6 is 0 Å². The van der Waals surface area contributed by atoms with Crippen LogP contribution in [0.2, 0.25) is 0 Å². The van der Waals surface area contributed by atoms with Gasteiger partial charge >= 0.3 is 18.1 Å². The number of nitrogens with one attached hydrogen (secondary N) is 1. The number of para-hydroxylation sites is 1. The molecular weight excluding hydrogens is 599 g/mol. The van der Waals surface area contributed by atoms with Crippen molar-refractivity contribution in [3.05, 3.63) is 59.7 Å². The SMILES string of the molecule is CCCCCCCCCCCCCCCC(=O)OCCOCCOCCOC(=O)c1ccccc1Nc1cccc(C(F)(F)F)c1. The van der Waals surface area contributed by atoms with E-state index in [0.29, 0.717) is 18.7 Å². The lowest BCUT2D eigenvalue weighted by molar-refractivity contribution is -0.145. The lowest BCUT2D eigenvalue weighted by atomic mass is 10.0. The Hall–Kier alpha value is -3.11. The first-order valence-corrected chi connectivity index (χ1v) is 16.8. The normalized spacial score (nSPS) is 11.4. The average Bonchev–Trinajstić information content (AvgIpc) is 3.04. The van der Waals surface area contributed by atoms with Crippen molar-refractivity contribution in [1.29, 1.82) is 0 Å². The van der Waals surface area contributed by atoms with E-state index in [4.69, 9.17) is 18.9 Å². The van der Waals surface area contributed by atoms with Crippen LogP contribution in [0.3, 0.4) is 0 Å². The number of rotatable bonds is 26. The van der Waals surface area contributed by atoms with Crippen LogP contribution in [-0.2, 0) is 29.9 Å². The van der Waals surface area contributed by atoms with Crippen molar-refractivity contribution in [2.75, 3.05) is 45.0 Å². The molecule has 1 N–H and O–H groups in total. The maximum atomic E-state index is 13.0. The molecule has 0 amide bonds.